The molecule has 20 heavy (non-hydrogen) atoms. The molecule has 4 nitrogen and oxygen atoms in total. The van der Waals surface area contributed by atoms with Crippen molar-refractivity contribution in [2.75, 3.05) is 5.32 Å². The van der Waals surface area contributed by atoms with Gasteiger partial charge in [-0.05, 0) is 23.6 Å². The van der Waals surface area contributed by atoms with Crippen molar-refractivity contribution < 1.29 is 9.59 Å². The number of amides is 1. The number of aldehydes is 1. The minimum atomic E-state index is -0.133. The summed E-state index contributed by atoms with van der Waals surface area (Å²) in [6, 6.07) is 11.8. The molecule has 102 valence electrons. The fraction of sp³-hybridized carbons (Fsp3) is 0.188. The van der Waals surface area contributed by atoms with E-state index in [2.05, 4.69) is 10.3 Å². The highest BCUT2D eigenvalue weighted by atomic mass is 16.1. The van der Waals surface area contributed by atoms with Crippen LogP contribution in [0.4, 0.5) is 5.69 Å². The van der Waals surface area contributed by atoms with E-state index in [0.29, 0.717) is 24.8 Å². The largest absolute Gasteiger partial charge is 0.324 e. The predicted octanol–water partition coefficient (Wildman–Crippen LogP) is 2.83. The van der Waals surface area contributed by atoms with Gasteiger partial charge in [-0.3, -0.25) is 14.6 Å². The first-order chi connectivity index (χ1) is 9.72. The van der Waals surface area contributed by atoms with Gasteiger partial charge in [0.2, 0.25) is 5.91 Å². The first-order valence-corrected chi connectivity index (χ1v) is 6.50. The smallest absolute Gasteiger partial charge is 0.224 e. The monoisotopic (exact) mass is 268 g/mol. The normalized spacial score (nSPS) is 10.1. The minimum Gasteiger partial charge on any atom is -0.324 e. The van der Waals surface area contributed by atoms with E-state index in [1.54, 1.807) is 19.2 Å². The molecule has 1 N–H and O–H groups in total. The van der Waals surface area contributed by atoms with Crippen molar-refractivity contribution in [2.45, 2.75) is 19.8 Å². The number of aromatic nitrogens is 1. The van der Waals surface area contributed by atoms with Gasteiger partial charge < -0.3 is 5.32 Å². The number of hydrogen-bond acceptors (Lipinski definition) is 3. The molecule has 0 aliphatic heterocycles. The van der Waals surface area contributed by atoms with Gasteiger partial charge in [0.05, 0.1) is 5.69 Å². The van der Waals surface area contributed by atoms with E-state index in [1.807, 2.05) is 30.3 Å². The second-order valence-corrected chi connectivity index (χ2v) is 4.46. The van der Waals surface area contributed by atoms with Gasteiger partial charge in [0.25, 0.3) is 0 Å². The van der Waals surface area contributed by atoms with Crippen molar-refractivity contribution in [3.8, 4) is 0 Å². The lowest BCUT2D eigenvalue weighted by molar-refractivity contribution is -0.115. The second-order valence-electron chi connectivity index (χ2n) is 4.46. The van der Waals surface area contributed by atoms with E-state index in [0.717, 1.165) is 11.1 Å². The van der Waals surface area contributed by atoms with Crippen LogP contribution in [0.2, 0.25) is 0 Å². The summed E-state index contributed by atoms with van der Waals surface area (Å²) in [5, 5.41) is 2.70. The molecule has 0 aliphatic rings. The van der Waals surface area contributed by atoms with Crippen molar-refractivity contribution in [1.82, 2.24) is 4.98 Å². The maximum Gasteiger partial charge on any atom is 0.224 e. The van der Waals surface area contributed by atoms with E-state index < -0.39 is 0 Å². The third-order valence-corrected chi connectivity index (χ3v) is 2.93. The molecule has 0 fully saturated rings. The molecule has 1 heterocycles. The van der Waals surface area contributed by atoms with Crippen LogP contribution in [0.5, 0.6) is 0 Å². The van der Waals surface area contributed by atoms with E-state index in [1.165, 1.54) is 0 Å². The highest BCUT2D eigenvalue weighted by Gasteiger charge is 2.08. The third-order valence-electron chi connectivity index (χ3n) is 2.93. The number of pyridine rings is 1. The van der Waals surface area contributed by atoms with Gasteiger partial charge >= 0.3 is 0 Å². The lowest BCUT2D eigenvalue weighted by Crippen LogP contribution is -2.12. The molecule has 0 saturated carbocycles. The molecule has 0 atom stereocenters. The predicted molar refractivity (Wildman–Crippen MR) is 77.8 cm³/mol. The first kappa shape index (κ1) is 13.9. The molecule has 0 radical (unpaired) electrons. The van der Waals surface area contributed by atoms with Crippen LogP contribution < -0.4 is 5.32 Å². The maximum atomic E-state index is 11.5. The van der Waals surface area contributed by atoms with Gasteiger partial charge in [0.1, 0.15) is 5.69 Å². The Hall–Kier alpha value is -2.49. The summed E-state index contributed by atoms with van der Waals surface area (Å²) in [6.45, 7) is 1.76. The molecular formula is C16H16N2O2. The molecule has 0 saturated heterocycles. The molecule has 2 aromatic rings. The fourth-order valence-corrected chi connectivity index (χ4v) is 1.88. The Balaban J connectivity index is 2.25. The number of anilines is 1. The number of hydrogen-bond donors (Lipinski definition) is 1. The minimum absolute atomic E-state index is 0.133. The topological polar surface area (TPSA) is 59.1 Å². The second kappa shape index (κ2) is 6.61. The van der Waals surface area contributed by atoms with Crippen LogP contribution in [0.1, 0.15) is 35.0 Å². The average Bonchev–Trinajstić information content (AvgIpc) is 2.48. The van der Waals surface area contributed by atoms with E-state index >= 15 is 0 Å². The molecular weight excluding hydrogens is 252 g/mol. The molecule has 0 unspecified atom stereocenters. The van der Waals surface area contributed by atoms with Crippen molar-refractivity contribution in [2.24, 2.45) is 0 Å². The Labute approximate surface area is 117 Å². The van der Waals surface area contributed by atoms with Crippen LogP contribution in [0.3, 0.4) is 0 Å². The third kappa shape index (κ3) is 3.51. The maximum absolute atomic E-state index is 11.5. The molecule has 2 rings (SSSR count). The summed E-state index contributed by atoms with van der Waals surface area (Å²) in [5.41, 5.74) is 2.83. The number of carbonyl (C=O) groups is 2. The van der Waals surface area contributed by atoms with Crippen LogP contribution in [0, 0.1) is 0 Å². The van der Waals surface area contributed by atoms with Gasteiger partial charge in [-0.2, -0.15) is 0 Å². The highest BCUT2D eigenvalue weighted by Crippen LogP contribution is 2.16. The summed E-state index contributed by atoms with van der Waals surface area (Å²) >= 11 is 0. The average molecular weight is 268 g/mol. The number of benzene rings is 1. The van der Waals surface area contributed by atoms with Crippen molar-refractivity contribution in [1.29, 1.82) is 0 Å². The van der Waals surface area contributed by atoms with E-state index in [4.69, 9.17) is 0 Å². The van der Waals surface area contributed by atoms with Crippen molar-refractivity contribution >= 4 is 17.9 Å². The Morgan fingerprint density at radius 1 is 1.25 bits per heavy atom. The number of rotatable bonds is 5. The number of nitrogens with one attached hydrogen (secondary N) is 1. The molecule has 0 spiro atoms. The Morgan fingerprint density at radius 2 is 2.00 bits per heavy atom. The van der Waals surface area contributed by atoms with E-state index in [-0.39, 0.29) is 11.6 Å². The lowest BCUT2D eigenvalue weighted by atomic mass is 10.1. The molecule has 0 aliphatic carbocycles. The van der Waals surface area contributed by atoms with E-state index in [9.17, 15) is 9.59 Å². The molecule has 1 aromatic carbocycles. The number of nitrogens with zero attached hydrogens (tertiary/aromatic N) is 1. The first-order valence-electron chi connectivity index (χ1n) is 6.50. The molecule has 0 bridgehead atoms. The van der Waals surface area contributed by atoms with Crippen LogP contribution in [-0.2, 0) is 11.2 Å². The Kier molecular flexibility index (Phi) is 4.60. The standard InChI is InChI=1S/C16H16N2O2/c1-2-16(20)18-14-9-13(10-17-15(14)11-19)8-12-6-4-3-5-7-12/h3-7,9-11H,2,8H2,1H3,(H,18,20). The molecule has 1 amide bonds. The van der Waals surface area contributed by atoms with Crippen molar-refractivity contribution in [3.05, 3.63) is 59.4 Å². The van der Waals surface area contributed by atoms with Crippen LogP contribution >= 0.6 is 0 Å². The van der Waals surface area contributed by atoms with Gasteiger partial charge in [0, 0.05) is 12.6 Å². The summed E-state index contributed by atoms with van der Waals surface area (Å²) in [7, 11) is 0. The van der Waals surface area contributed by atoms with Gasteiger partial charge in [0.15, 0.2) is 6.29 Å². The summed E-state index contributed by atoms with van der Waals surface area (Å²) in [4.78, 5) is 26.5. The van der Waals surface area contributed by atoms with Gasteiger partial charge in [-0.15, -0.1) is 0 Å². The fourth-order valence-electron chi connectivity index (χ4n) is 1.88. The number of carbonyl (C=O) groups excluding carboxylic acids is 2. The van der Waals surface area contributed by atoms with Crippen LogP contribution in [-0.4, -0.2) is 17.2 Å². The van der Waals surface area contributed by atoms with Gasteiger partial charge in [-0.1, -0.05) is 37.3 Å². The molecule has 4 heteroatoms. The zero-order valence-corrected chi connectivity index (χ0v) is 11.3. The zero-order valence-electron chi connectivity index (χ0n) is 11.3. The summed E-state index contributed by atoms with van der Waals surface area (Å²) in [6.07, 6.45) is 3.39. The Bertz CT molecular complexity index is 609. The zero-order chi connectivity index (χ0) is 14.4. The van der Waals surface area contributed by atoms with Crippen LogP contribution in [0.15, 0.2) is 42.6 Å². The quantitative estimate of drug-likeness (QED) is 0.848. The SMILES string of the molecule is CCC(=O)Nc1cc(Cc2ccccc2)cnc1C=O. The molecule has 1 aromatic heterocycles. The Morgan fingerprint density at radius 3 is 2.65 bits per heavy atom. The lowest BCUT2D eigenvalue weighted by Gasteiger charge is -2.08. The summed E-state index contributed by atoms with van der Waals surface area (Å²) in [5.74, 6) is -0.133. The van der Waals surface area contributed by atoms with Gasteiger partial charge in [-0.25, -0.2) is 0 Å². The van der Waals surface area contributed by atoms with Crippen molar-refractivity contribution in [3.63, 3.8) is 0 Å². The summed E-state index contributed by atoms with van der Waals surface area (Å²) < 4.78 is 0. The van der Waals surface area contributed by atoms with Crippen LogP contribution in [0.25, 0.3) is 0 Å². The highest BCUT2D eigenvalue weighted by molar-refractivity contribution is 5.95.